The number of nitrogens with one attached hydrogen (secondary N) is 1. The normalized spacial score (nSPS) is 11.2. The van der Waals surface area contributed by atoms with E-state index in [0.29, 0.717) is 33.9 Å². The molecule has 0 atom stereocenters. The van der Waals surface area contributed by atoms with Crippen LogP contribution in [0.4, 0.5) is 23.9 Å². The zero-order chi connectivity index (χ0) is 29.1. The highest BCUT2D eigenvalue weighted by atomic mass is 19.2. The van der Waals surface area contributed by atoms with Gasteiger partial charge in [-0.3, -0.25) is 0 Å². The molecule has 0 spiro atoms. The molecule has 9 nitrogen and oxygen atoms in total. The van der Waals surface area contributed by atoms with E-state index in [4.69, 9.17) is 4.74 Å². The molecule has 0 aliphatic carbocycles. The van der Waals surface area contributed by atoms with Gasteiger partial charge in [0, 0.05) is 41.5 Å². The van der Waals surface area contributed by atoms with Crippen LogP contribution in [0, 0.1) is 29.3 Å². The van der Waals surface area contributed by atoms with Crippen molar-refractivity contribution < 1.29 is 22.7 Å². The van der Waals surface area contributed by atoms with Crippen molar-refractivity contribution in [2.24, 2.45) is 0 Å². The molecule has 2 aromatic carbocycles. The van der Waals surface area contributed by atoms with Crippen LogP contribution in [0.15, 0.2) is 61.1 Å². The minimum absolute atomic E-state index is 0.0897. The Balaban J connectivity index is 1.32. The lowest BCUT2D eigenvalue weighted by Gasteiger charge is -2.19. The molecule has 0 radical (unpaired) electrons. The van der Waals surface area contributed by atoms with E-state index >= 15 is 0 Å². The minimum atomic E-state index is -1.28. The van der Waals surface area contributed by atoms with Gasteiger partial charge in [-0.15, -0.1) is 0 Å². The zero-order valence-electron chi connectivity index (χ0n) is 22.1. The molecule has 0 unspecified atom stereocenters. The second-order valence-electron chi connectivity index (χ2n) is 9.81. The fraction of sp³-hybridized carbons (Fsp3) is 0.172. The van der Waals surface area contributed by atoms with Crippen molar-refractivity contribution in [2.75, 3.05) is 5.32 Å². The fourth-order valence-electron chi connectivity index (χ4n) is 3.73. The lowest BCUT2D eigenvalue weighted by atomic mass is 10.1. The molecule has 1 N–H and O–H groups in total. The Morgan fingerprint density at radius 3 is 2.61 bits per heavy atom. The SMILES string of the molecule is CC(C)(C)OC(=O)n1ncc2cc(C#Cc3ccnc(-c4ccnc(NCc5cc(F)cc(F)c5F)n4)n3)ccc21. The number of benzene rings is 2. The Hall–Kier alpha value is -5.31. The van der Waals surface area contributed by atoms with Crippen LogP contribution in [0.25, 0.3) is 22.4 Å². The Labute approximate surface area is 232 Å². The number of ether oxygens (including phenoxy) is 1. The molecule has 3 aromatic heterocycles. The summed E-state index contributed by atoms with van der Waals surface area (Å²) in [5.41, 5.74) is 1.19. The fourth-order valence-corrected chi connectivity index (χ4v) is 3.73. The summed E-state index contributed by atoms with van der Waals surface area (Å²) in [6.07, 6.45) is 3.97. The van der Waals surface area contributed by atoms with Crippen molar-refractivity contribution in [3.05, 3.63) is 95.3 Å². The van der Waals surface area contributed by atoms with Gasteiger partial charge in [0.2, 0.25) is 5.95 Å². The van der Waals surface area contributed by atoms with E-state index in [-0.39, 0.29) is 23.9 Å². The van der Waals surface area contributed by atoms with E-state index in [0.717, 1.165) is 6.07 Å². The van der Waals surface area contributed by atoms with Gasteiger partial charge in [0.05, 0.1) is 11.7 Å². The highest BCUT2D eigenvalue weighted by Gasteiger charge is 2.20. The van der Waals surface area contributed by atoms with Crippen LogP contribution in [0.2, 0.25) is 0 Å². The molecule has 3 heterocycles. The molecule has 5 aromatic rings. The second-order valence-corrected chi connectivity index (χ2v) is 9.81. The molecular formula is C29H22F3N7O2. The van der Waals surface area contributed by atoms with Crippen LogP contribution in [-0.2, 0) is 11.3 Å². The number of halogens is 3. The summed E-state index contributed by atoms with van der Waals surface area (Å²) in [5.74, 6) is 3.05. The van der Waals surface area contributed by atoms with Crippen molar-refractivity contribution >= 4 is 22.9 Å². The summed E-state index contributed by atoms with van der Waals surface area (Å²) in [6.45, 7) is 5.11. The Morgan fingerprint density at radius 2 is 1.80 bits per heavy atom. The smallest absolute Gasteiger partial charge is 0.435 e. The van der Waals surface area contributed by atoms with Gasteiger partial charge in [0.1, 0.15) is 22.8 Å². The summed E-state index contributed by atoms with van der Waals surface area (Å²) >= 11 is 0. The van der Waals surface area contributed by atoms with Crippen LogP contribution in [0.1, 0.15) is 37.6 Å². The molecule has 0 saturated carbocycles. The molecule has 0 aliphatic rings. The Kier molecular flexibility index (Phi) is 7.35. The maximum atomic E-state index is 14.0. The van der Waals surface area contributed by atoms with Gasteiger partial charge in [0.15, 0.2) is 17.5 Å². The highest BCUT2D eigenvalue weighted by molar-refractivity contribution is 5.88. The van der Waals surface area contributed by atoms with Crippen LogP contribution < -0.4 is 5.32 Å². The highest BCUT2D eigenvalue weighted by Crippen LogP contribution is 2.19. The van der Waals surface area contributed by atoms with Gasteiger partial charge in [-0.2, -0.15) is 9.78 Å². The number of hydrogen-bond donors (Lipinski definition) is 1. The molecule has 0 bridgehead atoms. The van der Waals surface area contributed by atoms with E-state index in [2.05, 4.69) is 42.2 Å². The molecule has 0 fully saturated rings. The maximum absolute atomic E-state index is 14.0. The van der Waals surface area contributed by atoms with Crippen molar-refractivity contribution in [3.8, 4) is 23.4 Å². The monoisotopic (exact) mass is 557 g/mol. The van der Waals surface area contributed by atoms with Gasteiger partial charge in [-0.25, -0.2) is 37.9 Å². The summed E-state index contributed by atoms with van der Waals surface area (Å²) in [6, 6.07) is 9.88. The Bertz CT molecular complexity index is 1840. The summed E-state index contributed by atoms with van der Waals surface area (Å²) in [4.78, 5) is 29.5. The number of carbonyl (C=O) groups is 1. The lowest BCUT2D eigenvalue weighted by Crippen LogP contribution is -2.27. The van der Waals surface area contributed by atoms with E-state index in [1.807, 2.05) is 0 Å². The maximum Gasteiger partial charge on any atom is 0.435 e. The second kappa shape index (κ2) is 11.1. The molecule has 0 amide bonds. The summed E-state index contributed by atoms with van der Waals surface area (Å²) in [7, 11) is 0. The predicted octanol–water partition coefficient (Wildman–Crippen LogP) is 5.50. The van der Waals surface area contributed by atoms with E-state index in [1.54, 1.807) is 57.3 Å². The number of fused-ring (bicyclic) bond motifs is 1. The standard InChI is InChI=1S/C29H22F3N7O2/c1-29(2,3)41-28(40)39-24-7-5-17(12-18(24)16-36-39)4-6-21-8-10-33-26(37-21)23-9-11-34-27(38-23)35-15-19-13-20(30)14-22(31)25(19)32/h5,7-14,16H,15H2,1-3H3,(H,34,35,38). The van der Waals surface area contributed by atoms with E-state index in [9.17, 15) is 18.0 Å². The quantitative estimate of drug-likeness (QED) is 0.228. The van der Waals surface area contributed by atoms with Crippen molar-refractivity contribution in [2.45, 2.75) is 32.9 Å². The number of aromatic nitrogens is 6. The van der Waals surface area contributed by atoms with Crippen molar-refractivity contribution in [3.63, 3.8) is 0 Å². The van der Waals surface area contributed by atoms with Crippen molar-refractivity contribution in [1.82, 2.24) is 29.7 Å². The van der Waals surface area contributed by atoms with Crippen molar-refractivity contribution in [1.29, 1.82) is 0 Å². The third-order valence-corrected chi connectivity index (χ3v) is 5.51. The minimum Gasteiger partial charge on any atom is -0.442 e. The van der Waals surface area contributed by atoms with Gasteiger partial charge >= 0.3 is 6.09 Å². The van der Waals surface area contributed by atoms with Crippen LogP contribution >= 0.6 is 0 Å². The number of rotatable bonds is 4. The van der Waals surface area contributed by atoms with Gasteiger partial charge in [-0.05, 0) is 63.1 Å². The first kappa shape index (κ1) is 27.3. The molecule has 41 heavy (non-hydrogen) atoms. The third kappa shape index (κ3) is 6.47. The summed E-state index contributed by atoms with van der Waals surface area (Å²) < 4.78 is 47.5. The van der Waals surface area contributed by atoms with E-state index in [1.165, 1.54) is 17.1 Å². The van der Waals surface area contributed by atoms with Gasteiger partial charge in [-0.1, -0.05) is 5.92 Å². The van der Waals surface area contributed by atoms with Gasteiger partial charge in [0.25, 0.3) is 0 Å². The topological polar surface area (TPSA) is 108 Å². The number of anilines is 1. The molecule has 0 aliphatic heterocycles. The van der Waals surface area contributed by atoms with E-state index < -0.39 is 29.1 Å². The molecule has 0 saturated heterocycles. The number of nitrogens with zero attached hydrogens (tertiary/aromatic N) is 6. The molecule has 206 valence electrons. The third-order valence-electron chi connectivity index (χ3n) is 5.51. The Morgan fingerprint density at radius 1 is 1.00 bits per heavy atom. The zero-order valence-corrected chi connectivity index (χ0v) is 22.1. The molecule has 12 heteroatoms. The first-order valence-corrected chi connectivity index (χ1v) is 12.3. The van der Waals surface area contributed by atoms with Crippen LogP contribution in [0.5, 0.6) is 0 Å². The largest absolute Gasteiger partial charge is 0.442 e. The number of hydrogen-bond acceptors (Lipinski definition) is 8. The van der Waals surface area contributed by atoms with Crippen LogP contribution in [0.3, 0.4) is 0 Å². The summed E-state index contributed by atoms with van der Waals surface area (Å²) in [5, 5.41) is 7.60. The predicted molar refractivity (Wildman–Crippen MR) is 144 cm³/mol. The lowest BCUT2D eigenvalue weighted by molar-refractivity contribution is 0.0522. The first-order valence-electron chi connectivity index (χ1n) is 12.3. The average molecular weight is 558 g/mol. The molecule has 5 rings (SSSR count). The van der Waals surface area contributed by atoms with Crippen LogP contribution in [-0.4, -0.2) is 41.4 Å². The molecular weight excluding hydrogens is 535 g/mol. The number of carbonyl (C=O) groups excluding carboxylic acids is 1. The average Bonchev–Trinajstić information content (AvgIpc) is 3.36. The van der Waals surface area contributed by atoms with Gasteiger partial charge < -0.3 is 10.1 Å². The first-order chi connectivity index (χ1) is 19.6.